The summed E-state index contributed by atoms with van der Waals surface area (Å²) in [7, 11) is 0. The van der Waals surface area contributed by atoms with Crippen LogP contribution in [0.15, 0.2) is 55.1 Å². The van der Waals surface area contributed by atoms with E-state index in [0.717, 1.165) is 79.4 Å². The third kappa shape index (κ3) is 4.54. The number of ether oxygens (including phenoxy) is 1. The molecule has 8 heteroatoms. The van der Waals surface area contributed by atoms with Crippen molar-refractivity contribution in [2.75, 3.05) is 26.3 Å². The lowest BCUT2D eigenvalue weighted by molar-refractivity contribution is 0.0342. The smallest absolute Gasteiger partial charge is 0.251 e. The Bertz CT molecular complexity index is 1370. The molecule has 1 saturated heterocycles. The first-order valence-corrected chi connectivity index (χ1v) is 12.1. The molecule has 6 rings (SSSR count). The Morgan fingerprint density at radius 1 is 1.06 bits per heavy atom. The SMILES string of the molecule is Cc1ccc(C(=O)NC2CC2)cc1-n1cnc2c(-c3ccc(CN4CCOCC4)cc3)ncnc21. The number of carbonyl (C=O) groups is 1. The number of benzene rings is 2. The minimum absolute atomic E-state index is 0.0364. The minimum Gasteiger partial charge on any atom is -0.379 e. The number of aryl methyl sites for hydroxylation is 1. The number of rotatable bonds is 6. The van der Waals surface area contributed by atoms with Gasteiger partial charge in [0, 0.05) is 36.8 Å². The summed E-state index contributed by atoms with van der Waals surface area (Å²) in [6.07, 6.45) is 5.46. The molecule has 2 aromatic heterocycles. The molecule has 0 radical (unpaired) electrons. The number of nitrogens with zero attached hydrogens (tertiary/aromatic N) is 5. The van der Waals surface area contributed by atoms with E-state index in [1.54, 1.807) is 12.7 Å². The van der Waals surface area contributed by atoms with Crippen molar-refractivity contribution >= 4 is 17.1 Å². The van der Waals surface area contributed by atoms with E-state index >= 15 is 0 Å². The van der Waals surface area contributed by atoms with Gasteiger partial charge in [-0.3, -0.25) is 14.3 Å². The van der Waals surface area contributed by atoms with Gasteiger partial charge in [-0.1, -0.05) is 30.3 Å². The molecular formula is C27H28N6O2. The second kappa shape index (κ2) is 9.20. The molecule has 4 aromatic rings. The zero-order valence-corrected chi connectivity index (χ0v) is 19.8. The number of carbonyl (C=O) groups excluding carboxylic acids is 1. The van der Waals surface area contributed by atoms with E-state index in [2.05, 4.69) is 49.4 Å². The molecule has 0 bridgehead atoms. The molecule has 1 aliphatic heterocycles. The Morgan fingerprint density at radius 2 is 1.86 bits per heavy atom. The van der Waals surface area contributed by atoms with Crippen LogP contribution in [-0.4, -0.2) is 62.7 Å². The van der Waals surface area contributed by atoms with Gasteiger partial charge < -0.3 is 10.1 Å². The highest BCUT2D eigenvalue weighted by Crippen LogP contribution is 2.28. The Kier molecular flexibility index (Phi) is 5.75. The molecule has 0 spiro atoms. The summed E-state index contributed by atoms with van der Waals surface area (Å²) in [5, 5.41) is 3.06. The van der Waals surface area contributed by atoms with E-state index in [0.29, 0.717) is 11.6 Å². The van der Waals surface area contributed by atoms with Crippen LogP contribution in [0.5, 0.6) is 0 Å². The zero-order chi connectivity index (χ0) is 23.8. The summed E-state index contributed by atoms with van der Waals surface area (Å²) in [4.78, 5) is 28.8. The van der Waals surface area contributed by atoms with Crippen LogP contribution in [0, 0.1) is 6.92 Å². The van der Waals surface area contributed by atoms with E-state index in [1.807, 2.05) is 29.7 Å². The van der Waals surface area contributed by atoms with Crippen LogP contribution in [0.1, 0.15) is 34.3 Å². The molecular weight excluding hydrogens is 440 g/mol. The van der Waals surface area contributed by atoms with Crippen molar-refractivity contribution in [3.8, 4) is 16.9 Å². The third-order valence-electron chi connectivity index (χ3n) is 6.71. The highest BCUT2D eigenvalue weighted by atomic mass is 16.5. The van der Waals surface area contributed by atoms with Gasteiger partial charge in [0.1, 0.15) is 23.9 Å². The van der Waals surface area contributed by atoms with Gasteiger partial charge in [-0.05, 0) is 43.0 Å². The highest BCUT2D eigenvalue weighted by molar-refractivity contribution is 5.95. The highest BCUT2D eigenvalue weighted by Gasteiger charge is 2.24. The molecule has 2 aromatic carbocycles. The monoisotopic (exact) mass is 468 g/mol. The van der Waals surface area contributed by atoms with Crippen molar-refractivity contribution in [2.24, 2.45) is 0 Å². The van der Waals surface area contributed by atoms with Gasteiger partial charge in [-0.25, -0.2) is 15.0 Å². The summed E-state index contributed by atoms with van der Waals surface area (Å²) in [6.45, 7) is 6.48. The number of amides is 1. The zero-order valence-electron chi connectivity index (χ0n) is 19.8. The number of hydrogen-bond acceptors (Lipinski definition) is 6. The predicted molar refractivity (Wildman–Crippen MR) is 133 cm³/mol. The Labute approximate surface area is 204 Å². The van der Waals surface area contributed by atoms with Crippen LogP contribution in [-0.2, 0) is 11.3 Å². The fourth-order valence-electron chi connectivity index (χ4n) is 4.51. The third-order valence-corrected chi connectivity index (χ3v) is 6.71. The molecule has 2 fully saturated rings. The van der Waals surface area contributed by atoms with Gasteiger partial charge in [-0.15, -0.1) is 0 Å². The molecule has 35 heavy (non-hydrogen) atoms. The first kappa shape index (κ1) is 21.9. The van der Waals surface area contributed by atoms with Crippen LogP contribution in [0.3, 0.4) is 0 Å². The van der Waals surface area contributed by atoms with Gasteiger partial charge in [-0.2, -0.15) is 0 Å². The van der Waals surface area contributed by atoms with Gasteiger partial charge >= 0.3 is 0 Å². The van der Waals surface area contributed by atoms with E-state index in [1.165, 1.54) is 5.56 Å². The van der Waals surface area contributed by atoms with Gasteiger partial charge in [0.15, 0.2) is 5.65 Å². The first-order chi connectivity index (χ1) is 17.2. The number of fused-ring (bicyclic) bond motifs is 1. The summed E-state index contributed by atoms with van der Waals surface area (Å²) < 4.78 is 7.39. The average Bonchev–Trinajstić information content (AvgIpc) is 3.60. The number of imidazole rings is 1. The molecule has 2 aliphatic rings. The van der Waals surface area contributed by atoms with Crippen LogP contribution >= 0.6 is 0 Å². The maximum Gasteiger partial charge on any atom is 0.251 e. The summed E-state index contributed by atoms with van der Waals surface area (Å²) in [6, 6.07) is 14.6. The van der Waals surface area contributed by atoms with Crippen molar-refractivity contribution in [3.63, 3.8) is 0 Å². The molecule has 0 atom stereocenters. The molecule has 1 amide bonds. The molecule has 1 N–H and O–H groups in total. The van der Waals surface area contributed by atoms with Crippen LogP contribution in [0.25, 0.3) is 28.1 Å². The summed E-state index contributed by atoms with van der Waals surface area (Å²) >= 11 is 0. The van der Waals surface area contributed by atoms with Gasteiger partial charge in [0.25, 0.3) is 5.91 Å². The van der Waals surface area contributed by atoms with E-state index in [4.69, 9.17) is 4.74 Å². The number of aromatic nitrogens is 4. The van der Waals surface area contributed by atoms with Crippen molar-refractivity contribution in [1.29, 1.82) is 0 Å². The summed E-state index contributed by atoms with van der Waals surface area (Å²) in [5.41, 5.74) is 7.10. The predicted octanol–water partition coefficient (Wildman–Crippen LogP) is 3.52. The maximum atomic E-state index is 12.6. The Balaban J connectivity index is 1.30. The second-order valence-corrected chi connectivity index (χ2v) is 9.34. The number of hydrogen-bond donors (Lipinski definition) is 1. The Morgan fingerprint density at radius 3 is 2.63 bits per heavy atom. The van der Waals surface area contributed by atoms with Crippen LogP contribution in [0.4, 0.5) is 0 Å². The summed E-state index contributed by atoms with van der Waals surface area (Å²) in [5.74, 6) is -0.0364. The standard InChI is InChI=1S/C27H28N6O2/c1-18-2-5-21(27(34)31-22-8-9-22)14-23(18)33-17-30-25-24(28-16-29-26(25)33)20-6-3-19(4-7-20)15-32-10-12-35-13-11-32/h2-7,14,16-17,22H,8-13,15H2,1H3,(H,31,34). The molecule has 1 saturated carbocycles. The lowest BCUT2D eigenvalue weighted by atomic mass is 10.1. The quantitative estimate of drug-likeness (QED) is 0.466. The van der Waals surface area contributed by atoms with Crippen molar-refractivity contribution in [1.82, 2.24) is 29.7 Å². The first-order valence-electron chi connectivity index (χ1n) is 12.1. The number of morpholine rings is 1. The largest absolute Gasteiger partial charge is 0.379 e. The molecule has 0 unspecified atom stereocenters. The maximum absolute atomic E-state index is 12.6. The lowest BCUT2D eigenvalue weighted by Gasteiger charge is -2.26. The molecule has 178 valence electrons. The lowest BCUT2D eigenvalue weighted by Crippen LogP contribution is -2.35. The minimum atomic E-state index is -0.0364. The normalized spacial score (nSPS) is 16.5. The van der Waals surface area contributed by atoms with E-state index in [9.17, 15) is 4.79 Å². The second-order valence-electron chi connectivity index (χ2n) is 9.34. The fourth-order valence-corrected chi connectivity index (χ4v) is 4.51. The molecule has 8 nitrogen and oxygen atoms in total. The average molecular weight is 469 g/mol. The topological polar surface area (TPSA) is 85.2 Å². The number of nitrogens with one attached hydrogen (secondary N) is 1. The van der Waals surface area contributed by atoms with Gasteiger partial charge in [0.05, 0.1) is 18.9 Å². The van der Waals surface area contributed by atoms with Crippen LogP contribution in [0.2, 0.25) is 0 Å². The van der Waals surface area contributed by atoms with E-state index in [-0.39, 0.29) is 5.91 Å². The molecule has 1 aliphatic carbocycles. The molecule has 3 heterocycles. The van der Waals surface area contributed by atoms with E-state index < -0.39 is 0 Å². The Hall–Kier alpha value is -3.62. The van der Waals surface area contributed by atoms with Crippen LogP contribution < -0.4 is 5.32 Å². The fraction of sp³-hybridized carbons (Fsp3) is 0.333. The van der Waals surface area contributed by atoms with Crippen molar-refractivity contribution < 1.29 is 9.53 Å². The van der Waals surface area contributed by atoms with Crippen molar-refractivity contribution in [3.05, 3.63) is 71.8 Å². The van der Waals surface area contributed by atoms with Crippen molar-refractivity contribution in [2.45, 2.75) is 32.4 Å². The van der Waals surface area contributed by atoms with Gasteiger partial charge in [0.2, 0.25) is 0 Å².